The average molecular weight is 420 g/mol. The van der Waals surface area contributed by atoms with Crippen molar-refractivity contribution >= 4 is 23.1 Å². The molecule has 0 unspecified atom stereocenters. The number of pyridine rings is 1. The number of nitrogens with one attached hydrogen (secondary N) is 1. The fourth-order valence-corrected chi connectivity index (χ4v) is 3.16. The van der Waals surface area contributed by atoms with Crippen LogP contribution in [0.4, 0.5) is 10.1 Å². The van der Waals surface area contributed by atoms with Gasteiger partial charge in [-0.15, -0.1) is 5.10 Å². The molecule has 0 aliphatic heterocycles. The topological polar surface area (TPSA) is 97.4 Å². The number of carbonyl (C=O) groups is 2. The normalized spacial score (nSPS) is 10.9. The molecule has 1 aromatic carbocycles. The molecule has 0 saturated heterocycles. The fourth-order valence-electron chi connectivity index (χ4n) is 3.16. The molecule has 0 bridgehead atoms. The Hall–Kier alpha value is -4.08. The van der Waals surface area contributed by atoms with Crippen molar-refractivity contribution in [3.8, 4) is 11.4 Å². The van der Waals surface area contributed by atoms with Gasteiger partial charge in [-0.05, 0) is 6.07 Å². The highest BCUT2D eigenvalue weighted by Gasteiger charge is 2.24. The second-order valence-corrected chi connectivity index (χ2v) is 6.92. The van der Waals surface area contributed by atoms with Crippen LogP contribution in [-0.2, 0) is 7.05 Å². The average Bonchev–Trinajstić information content (AvgIpc) is 3.37. The van der Waals surface area contributed by atoms with E-state index >= 15 is 0 Å². The minimum Gasteiger partial charge on any atom is -0.339 e. The van der Waals surface area contributed by atoms with Crippen molar-refractivity contribution in [3.05, 3.63) is 66.1 Å². The molecular formula is C21H20FN7O2. The number of hydrogen-bond acceptors (Lipinski definition) is 5. The molecule has 4 aromatic rings. The van der Waals surface area contributed by atoms with E-state index in [1.165, 1.54) is 22.8 Å². The lowest BCUT2D eigenvalue weighted by Gasteiger charge is -2.15. The van der Waals surface area contributed by atoms with Gasteiger partial charge in [0.2, 0.25) is 0 Å². The third-order valence-electron chi connectivity index (χ3n) is 4.78. The molecule has 2 amide bonds. The summed E-state index contributed by atoms with van der Waals surface area (Å²) in [5, 5.41) is 11.2. The molecule has 0 radical (unpaired) electrons. The molecule has 0 aliphatic carbocycles. The van der Waals surface area contributed by atoms with Gasteiger partial charge in [0.1, 0.15) is 12.4 Å². The Balaban J connectivity index is 1.59. The Bertz CT molecular complexity index is 1250. The predicted molar refractivity (Wildman–Crippen MR) is 113 cm³/mol. The van der Waals surface area contributed by atoms with Crippen LogP contribution >= 0.6 is 0 Å². The van der Waals surface area contributed by atoms with Crippen LogP contribution in [0.2, 0.25) is 0 Å². The van der Waals surface area contributed by atoms with Gasteiger partial charge in [-0.25, -0.2) is 13.9 Å². The van der Waals surface area contributed by atoms with Crippen molar-refractivity contribution in [1.82, 2.24) is 29.3 Å². The van der Waals surface area contributed by atoms with Crippen molar-refractivity contribution < 1.29 is 14.0 Å². The van der Waals surface area contributed by atoms with Crippen LogP contribution in [0.25, 0.3) is 17.0 Å². The van der Waals surface area contributed by atoms with E-state index < -0.39 is 18.5 Å². The van der Waals surface area contributed by atoms with E-state index in [2.05, 4.69) is 20.5 Å². The van der Waals surface area contributed by atoms with Gasteiger partial charge >= 0.3 is 0 Å². The maximum atomic E-state index is 12.9. The first kappa shape index (κ1) is 20.2. The van der Waals surface area contributed by atoms with E-state index in [1.807, 2.05) is 30.3 Å². The Morgan fingerprint density at radius 1 is 1.19 bits per heavy atom. The van der Waals surface area contributed by atoms with Gasteiger partial charge in [0.05, 0.1) is 11.8 Å². The number of benzene rings is 1. The number of aromatic nitrogens is 5. The van der Waals surface area contributed by atoms with Gasteiger partial charge in [-0.1, -0.05) is 30.3 Å². The van der Waals surface area contributed by atoms with Crippen molar-refractivity contribution in [2.24, 2.45) is 7.05 Å². The minimum absolute atomic E-state index is 0.0674. The first-order valence-electron chi connectivity index (χ1n) is 9.54. The Labute approximate surface area is 177 Å². The molecule has 4 rings (SSSR count). The summed E-state index contributed by atoms with van der Waals surface area (Å²) in [5.74, 6) is -0.417. The highest BCUT2D eigenvalue weighted by molar-refractivity contribution is 6.11. The zero-order valence-electron chi connectivity index (χ0n) is 17.0. The first-order chi connectivity index (χ1) is 15.0. The number of alkyl halides is 1. The maximum Gasteiger partial charge on any atom is 0.274 e. The summed E-state index contributed by atoms with van der Waals surface area (Å²) in [6.45, 7) is -0.741. The fraction of sp³-hybridized carbons (Fsp3) is 0.190. The van der Waals surface area contributed by atoms with Crippen molar-refractivity contribution in [2.75, 3.05) is 25.6 Å². The third-order valence-corrected chi connectivity index (χ3v) is 4.78. The number of aryl methyl sites for hydroxylation is 1. The number of nitrogens with zero attached hydrogens (tertiary/aromatic N) is 6. The maximum absolute atomic E-state index is 12.9. The Kier molecular flexibility index (Phi) is 5.44. The Morgan fingerprint density at radius 2 is 1.97 bits per heavy atom. The summed E-state index contributed by atoms with van der Waals surface area (Å²) in [7, 11) is 3.04. The number of halogens is 1. The smallest absolute Gasteiger partial charge is 0.274 e. The highest BCUT2D eigenvalue weighted by Crippen LogP contribution is 2.19. The van der Waals surface area contributed by atoms with Crippen LogP contribution in [0.3, 0.4) is 0 Å². The van der Waals surface area contributed by atoms with E-state index in [9.17, 15) is 14.0 Å². The van der Waals surface area contributed by atoms with Crippen molar-refractivity contribution in [1.29, 1.82) is 0 Å². The van der Waals surface area contributed by atoms with Crippen molar-refractivity contribution in [2.45, 2.75) is 0 Å². The molecule has 9 nitrogen and oxygen atoms in total. The largest absolute Gasteiger partial charge is 0.339 e. The molecule has 0 atom stereocenters. The van der Waals surface area contributed by atoms with Crippen LogP contribution < -0.4 is 5.32 Å². The van der Waals surface area contributed by atoms with E-state index in [4.69, 9.17) is 0 Å². The van der Waals surface area contributed by atoms with E-state index in [1.54, 1.807) is 29.9 Å². The lowest BCUT2D eigenvalue weighted by molar-refractivity contribution is 0.0780. The summed E-state index contributed by atoms with van der Waals surface area (Å²) in [6.07, 6.45) is 2.99. The molecule has 1 N–H and O–H groups in total. The predicted octanol–water partition coefficient (Wildman–Crippen LogP) is 2.42. The van der Waals surface area contributed by atoms with Gasteiger partial charge in [0.25, 0.3) is 11.8 Å². The molecule has 31 heavy (non-hydrogen) atoms. The quantitative estimate of drug-likeness (QED) is 0.517. The first-order valence-corrected chi connectivity index (χ1v) is 9.54. The molecular weight excluding hydrogens is 400 g/mol. The van der Waals surface area contributed by atoms with Gasteiger partial charge in [0, 0.05) is 44.2 Å². The molecule has 0 saturated carbocycles. The molecule has 3 aromatic heterocycles. The SMILES string of the molecule is CN(CCF)C(=O)c1cnn([11CH3])c1C(=O)Nc1ccn2nc(-c3ccccc3)nc2c1. The zero-order valence-corrected chi connectivity index (χ0v) is 17.0. The number of carbonyl (C=O) groups excluding carboxylic acids is 2. The third kappa shape index (κ3) is 4.00. The number of fused-ring (bicyclic) bond motifs is 1. The van der Waals surface area contributed by atoms with Gasteiger partial charge in [-0.3, -0.25) is 14.3 Å². The van der Waals surface area contributed by atoms with Crippen LogP contribution in [0, 0.1) is 0 Å². The van der Waals surface area contributed by atoms with Gasteiger partial charge < -0.3 is 10.2 Å². The van der Waals surface area contributed by atoms with E-state index in [0.717, 1.165) is 5.56 Å². The summed E-state index contributed by atoms with van der Waals surface area (Å²) >= 11 is 0. The number of amides is 2. The molecule has 3 heterocycles. The lowest BCUT2D eigenvalue weighted by Crippen LogP contribution is -2.30. The Morgan fingerprint density at radius 3 is 2.71 bits per heavy atom. The second kappa shape index (κ2) is 8.34. The van der Waals surface area contributed by atoms with Crippen LogP contribution in [0.15, 0.2) is 54.9 Å². The van der Waals surface area contributed by atoms with E-state index in [0.29, 0.717) is 17.2 Å². The van der Waals surface area contributed by atoms with Crippen LogP contribution in [-0.4, -0.2) is 61.4 Å². The molecule has 158 valence electrons. The molecule has 0 spiro atoms. The number of anilines is 1. The standard InChI is InChI=1S/C21H20FN7O2/c1-27(11-9-22)21(31)16-13-23-28(2)18(16)20(30)24-15-8-10-29-17(12-15)25-19(26-29)14-6-4-3-5-7-14/h3-8,10,12-13H,9,11H2,1-2H3,(H,24,30)/i2-1. The van der Waals surface area contributed by atoms with E-state index in [-0.39, 0.29) is 17.8 Å². The van der Waals surface area contributed by atoms with Gasteiger partial charge in [0.15, 0.2) is 11.5 Å². The van der Waals surface area contributed by atoms with Gasteiger partial charge in [-0.2, -0.15) is 5.10 Å². The second-order valence-electron chi connectivity index (χ2n) is 6.92. The van der Waals surface area contributed by atoms with Crippen LogP contribution in [0.5, 0.6) is 0 Å². The number of rotatable bonds is 6. The van der Waals surface area contributed by atoms with Crippen molar-refractivity contribution in [3.63, 3.8) is 0 Å². The molecule has 0 fully saturated rings. The zero-order chi connectivity index (χ0) is 22.0. The lowest BCUT2D eigenvalue weighted by atomic mass is 10.2. The minimum atomic E-state index is -0.673. The number of hydrogen-bond donors (Lipinski definition) is 1. The molecule has 10 heteroatoms. The molecule has 0 aliphatic rings. The summed E-state index contributed by atoms with van der Waals surface area (Å²) in [5.41, 5.74) is 2.11. The highest BCUT2D eigenvalue weighted by atomic mass is 19.1. The summed E-state index contributed by atoms with van der Waals surface area (Å²) < 4.78 is 15.5. The monoisotopic (exact) mass is 420 g/mol. The summed E-state index contributed by atoms with van der Waals surface area (Å²) in [6, 6.07) is 12.9. The summed E-state index contributed by atoms with van der Waals surface area (Å²) in [4.78, 5) is 31.2. The van der Waals surface area contributed by atoms with Crippen LogP contribution in [0.1, 0.15) is 20.8 Å².